The maximum absolute atomic E-state index is 11.2. The highest BCUT2D eigenvalue weighted by atomic mass is 16.6. The largest absolute Gasteiger partial charge is 0.386 e. The summed E-state index contributed by atoms with van der Waals surface area (Å²) in [7, 11) is 0. The molecule has 1 rings (SSSR count). The predicted octanol–water partition coefficient (Wildman–Crippen LogP) is 5.64. The molecule has 23 heavy (non-hydrogen) atoms. The number of unbranched alkanes of at least 4 members (excludes halogenated alkanes) is 10. The van der Waals surface area contributed by atoms with E-state index >= 15 is 0 Å². The molecule has 0 radical (unpaired) electrons. The van der Waals surface area contributed by atoms with E-state index in [-0.39, 0.29) is 0 Å². The lowest BCUT2D eigenvalue weighted by molar-refractivity contribution is -0.150. The molecule has 0 unspecified atom stereocenters. The van der Waals surface area contributed by atoms with E-state index in [1.54, 1.807) is 0 Å². The second-order valence-corrected chi connectivity index (χ2v) is 6.36. The van der Waals surface area contributed by atoms with Crippen LogP contribution in [-0.4, -0.2) is 11.9 Å². The Bertz CT molecular complexity index is 407. The van der Waals surface area contributed by atoms with Gasteiger partial charge in [0, 0.05) is 11.6 Å². The number of ether oxygens (including phenoxy) is 1. The van der Waals surface area contributed by atoms with Crippen molar-refractivity contribution in [2.75, 3.05) is 0 Å². The lowest BCUT2D eigenvalue weighted by Crippen LogP contribution is -2.01. The number of allylic oxidation sites excluding steroid dienone is 2. The first-order valence-corrected chi connectivity index (χ1v) is 9.35. The highest BCUT2D eigenvalue weighted by Gasteiger charge is 2.22. The molecule has 1 aliphatic heterocycles. The van der Waals surface area contributed by atoms with Gasteiger partial charge in [-0.3, -0.25) is 0 Å². The molecule has 0 aliphatic carbocycles. The average molecular weight is 320 g/mol. The first-order chi connectivity index (χ1) is 11.2. The van der Waals surface area contributed by atoms with Crippen LogP contribution in [0.2, 0.25) is 0 Å². The summed E-state index contributed by atoms with van der Waals surface area (Å²) < 4.78 is 4.47. The molecule has 0 N–H and O–H groups in total. The quantitative estimate of drug-likeness (QED) is 0.180. The van der Waals surface area contributed by atoms with Gasteiger partial charge in [0.25, 0.3) is 0 Å². The molecule has 0 bridgehead atoms. The SMILES string of the molecule is CCCCCCC=CCCCCCCCCC1=CC(=O)OC1=O. The Kier molecular flexibility index (Phi) is 11.2. The third-order valence-corrected chi connectivity index (χ3v) is 4.21. The monoisotopic (exact) mass is 320 g/mol. The molecule has 3 heteroatoms. The number of hydrogen-bond acceptors (Lipinski definition) is 3. The van der Waals surface area contributed by atoms with Gasteiger partial charge in [-0.15, -0.1) is 0 Å². The minimum absolute atomic E-state index is 0.448. The molecular formula is C20H32O3. The first-order valence-electron chi connectivity index (χ1n) is 9.35. The Balaban J connectivity index is 1.83. The van der Waals surface area contributed by atoms with Crippen LogP contribution in [0.1, 0.15) is 90.4 Å². The molecule has 0 amide bonds. The predicted molar refractivity (Wildman–Crippen MR) is 94.0 cm³/mol. The number of rotatable bonds is 14. The molecule has 0 saturated heterocycles. The summed E-state index contributed by atoms with van der Waals surface area (Å²) in [5.74, 6) is -0.958. The van der Waals surface area contributed by atoms with Crippen LogP contribution in [0.3, 0.4) is 0 Å². The van der Waals surface area contributed by atoms with Gasteiger partial charge < -0.3 is 4.74 Å². The van der Waals surface area contributed by atoms with Crippen LogP contribution in [0, 0.1) is 0 Å². The van der Waals surface area contributed by atoms with Gasteiger partial charge in [-0.1, -0.05) is 64.0 Å². The van der Waals surface area contributed by atoms with Crippen molar-refractivity contribution in [1.82, 2.24) is 0 Å². The van der Waals surface area contributed by atoms with Crippen LogP contribution in [0.25, 0.3) is 0 Å². The van der Waals surface area contributed by atoms with Crippen molar-refractivity contribution >= 4 is 11.9 Å². The second kappa shape index (κ2) is 13.1. The topological polar surface area (TPSA) is 43.4 Å². The lowest BCUT2D eigenvalue weighted by atomic mass is 10.0. The van der Waals surface area contributed by atoms with Gasteiger partial charge in [0.05, 0.1) is 0 Å². The number of esters is 2. The molecule has 0 atom stereocenters. The zero-order chi connectivity index (χ0) is 16.8. The molecule has 0 saturated carbocycles. The summed E-state index contributed by atoms with van der Waals surface area (Å²) in [4.78, 5) is 22.1. The fourth-order valence-electron chi connectivity index (χ4n) is 2.77. The zero-order valence-corrected chi connectivity index (χ0v) is 14.6. The van der Waals surface area contributed by atoms with Crippen LogP contribution in [-0.2, 0) is 14.3 Å². The molecule has 130 valence electrons. The van der Waals surface area contributed by atoms with E-state index in [9.17, 15) is 9.59 Å². The maximum atomic E-state index is 11.2. The minimum Gasteiger partial charge on any atom is -0.386 e. The molecule has 0 fully saturated rings. The number of carbonyl (C=O) groups is 2. The summed E-state index contributed by atoms with van der Waals surface area (Å²) in [6.45, 7) is 2.25. The average Bonchev–Trinajstić information content (AvgIpc) is 2.85. The van der Waals surface area contributed by atoms with Crippen molar-refractivity contribution in [2.24, 2.45) is 0 Å². The van der Waals surface area contributed by atoms with Gasteiger partial charge >= 0.3 is 11.9 Å². The summed E-state index contributed by atoms with van der Waals surface area (Å²) >= 11 is 0. The molecule has 0 aromatic rings. The fourth-order valence-corrected chi connectivity index (χ4v) is 2.77. The van der Waals surface area contributed by atoms with Crippen molar-refractivity contribution in [3.05, 3.63) is 23.8 Å². The first kappa shape index (κ1) is 19.7. The molecular weight excluding hydrogens is 288 g/mol. The van der Waals surface area contributed by atoms with E-state index in [4.69, 9.17) is 0 Å². The van der Waals surface area contributed by atoms with Gasteiger partial charge in [0.15, 0.2) is 0 Å². The number of cyclic esters (lactones) is 2. The molecule has 3 nitrogen and oxygen atoms in total. The number of carbonyl (C=O) groups excluding carboxylic acids is 2. The van der Waals surface area contributed by atoms with Gasteiger partial charge in [-0.25, -0.2) is 9.59 Å². The van der Waals surface area contributed by atoms with Gasteiger partial charge in [-0.2, -0.15) is 0 Å². The van der Waals surface area contributed by atoms with E-state index in [2.05, 4.69) is 23.8 Å². The van der Waals surface area contributed by atoms with E-state index < -0.39 is 11.9 Å². The Hall–Kier alpha value is -1.38. The Morgan fingerprint density at radius 3 is 1.96 bits per heavy atom. The maximum Gasteiger partial charge on any atom is 0.342 e. The summed E-state index contributed by atoms with van der Waals surface area (Å²) in [5, 5.41) is 0. The van der Waals surface area contributed by atoms with Crippen LogP contribution in [0.15, 0.2) is 23.8 Å². The van der Waals surface area contributed by atoms with Gasteiger partial charge in [0.1, 0.15) is 0 Å². The minimum atomic E-state index is -0.511. The zero-order valence-electron chi connectivity index (χ0n) is 14.6. The van der Waals surface area contributed by atoms with Crippen molar-refractivity contribution in [1.29, 1.82) is 0 Å². The molecule has 0 spiro atoms. The third-order valence-electron chi connectivity index (χ3n) is 4.21. The molecule has 1 heterocycles. The summed E-state index contributed by atoms with van der Waals surface area (Å²) in [6, 6.07) is 0. The van der Waals surface area contributed by atoms with Gasteiger partial charge in [-0.05, 0) is 38.5 Å². The van der Waals surface area contributed by atoms with Gasteiger partial charge in [0.2, 0.25) is 0 Å². The van der Waals surface area contributed by atoms with Crippen LogP contribution in [0.4, 0.5) is 0 Å². The molecule has 0 aromatic heterocycles. The van der Waals surface area contributed by atoms with Crippen molar-refractivity contribution in [2.45, 2.75) is 90.4 Å². The van der Waals surface area contributed by atoms with Crippen molar-refractivity contribution < 1.29 is 14.3 Å². The van der Waals surface area contributed by atoms with E-state index in [1.165, 1.54) is 70.3 Å². The van der Waals surface area contributed by atoms with E-state index in [0.29, 0.717) is 12.0 Å². The Labute approximate surface area is 141 Å². The van der Waals surface area contributed by atoms with Crippen LogP contribution < -0.4 is 0 Å². The normalized spacial score (nSPS) is 14.6. The third kappa shape index (κ3) is 10.1. The number of hydrogen-bond donors (Lipinski definition) is 0. The Morgan fingerprint density at radius 2 is 1.39 bits per heavy atom. The second-order valence-electron chi connectivity index (χ2n) is 6.36. The van der Waals surface area contributed by atoms with E-state index in [1.807, 2.05) is 0 Å². The van der Waals surface area contributed by atoms with E-state index in [0.717, 1.165) is 12.8 Å². The Morgan fingerprint density at radius 1 is 0.826 bits per heavy atom. The lowest BCUT2D eigenvalue weighted by Gasteiger charge is -2.01. The summed E-state index contributed by atoms with van der Waals surface area (Å²) in [5.41, 5.74) is 0.541. The fraction of sp³-hybridized carbons (Fsp3) is 0.700. The summed E-state index contributed by atoms with van der Waals surface area (Å²) in [6.07, 6.45) is 21.6. The van der Waals surface area contributed by atoms with Crippen molar-refractivity contribution in [3.63, 3.8) is 0 Å². The molecule has 0 aromatic carbocycles. The highest BCUT2D eigenvalue weighted by Crippen LogP contribution is 2.17. The highest BCUT2D eigenvalue weighted by molar-refractivity contribution is 6.08. The van der Waals surface area contributed by atoms with Crippen LogP contribution in [0.5, 0.6) is 0 Å². The smallest absolute Gasteiger partial charge is 0.342 e. The standard InChI is InChI=1S/C20H32O3/c1-2-3-4-5-6-7-8-9-10-11-12-13-14-15-16-18-17-19(21)23-20(18)22/h7-8,17H,2-6,9-16H2,1H3. The van der Waals surface area contributed by atoms with Crippen molar-refractivity contribution in [3.8, 4) is 0 Å². The molecule has 1 aliphatic rings. The van der Waals surface area contributed by atoms with Crippen LogP contribution >= 0.6 is 0 Å².